The van der Waals surface area contributed by atoms with E-state index in [0.29, 0.717) is 0 Å². The van der Waals surface area contributed by atoms with Crippen molar-refractivity contribution in [3.63, 3.8) is 0 Å². The summed E-state index contributed by atoms with van der Waals surface area (Å²) in [5.74, 6) is 0. The number of aryl methyl sites for hydroxylation is 2. The zero-order valence-electron chi connectivity index (χ0n) is 10.6. The molecule has 17 heavy (non-hydrogen) atoms. The Hall–Kier alpha value is -1.19. The third-order valence-electron chi connectivity index (χ3n) is 2.88. The lowest BCUT2D eigenvalue weighted by molar-refractivity contribution is 0.0746. The molecule has 0 unspecified atom stereocenters. The molecule has 1 N–H and O–H groups in total. The van der Waals surface area contributed by atoms with Gasteiger partial charge in [0.1, 0.15) is 10.6 Å². The fourth-order valence-electron chi connectivity index (χ4n) is 1.56. The molecular weight excluding hydrogens is 230 g/mol. The summed E-state index contributed by atoms with van der Waals surface area (Å²) in [5, 5.41) is 12.8. The number of aromatic nitrogens is 1. The van der Waals surface area contributed by atoms with Crippen LogP contribution in [0.5, 0.6) is 0 Å². The van der Waals surface area contributed by atoms with Gasteiger partial charge in [-0.1, -0.05) is 12.1 Å². The summed E-state index contributed by atoms with van der Waals surface area (Å²) in [6.07, 6.45) is 0. The van der Waals surface area contributed by atoms with Gasteiger partial charge in [0.15, 0.2) is 0 Å². The molecule has 0 saturated carbocycles. The molecule has 0 saturated heterocycles. The molecule has 0 atom stereocenters. The molecule has 2 aromatic rings. The van der Waals surface area contributed by atoms with Crippen LogP contribution in [0.25, 0.3) is 10.6 Å². The predicted molar refractivity (Wildman–Crippen MR) is 72.3 cm³/mol. The van der Waals surface area contributed by atoms with Crippen LogP contribution in [0.2, 0.25) is 0 Å². The predicted octanol–water partition coefficient (Wildman–Crippen LogP) is 3.65. The topological polar surface area (TPSA) is 33.1 Å². The second-order valence-electron chi connectivity index (χ2n) is 4.90. The van der Waals surface area contributed by atoms with E-state index < -0.39 is 5.60 Å². The lowest BCUT2D eigenvalue weighted by Crippen LogP contribution is -2.15. The Labute approximate surface area is 106 Å². The number of aliphatic hydroxyl groups is 1. The van der Waals surface area contributed by atoms with E-state index in [1.54, 1.807) is 25.2 Å². The van der Waals surface area contributed by atoms with E-state index >= 15 is 0 Å². The lowest BCUT2D eigenvalue weighted by atomic mass is 10.1. The van der Waals surface area contributed by atoms with Crippen molar-refractivity contribution >= 4 is 11.3 Å². The lowest BCUT2D eigenvalue weighted by Gasteiger charge is -2.13. The second kappa shape index (κ2) is 4.24. The van der Waals surface area contributed by atoms with Crippen LogP contribution in [0, 0.1) is 13.8 Å². The third-order valence-corrected chi connectivity index (χ3v) is 3.78. The fraction of sp³-hybridized carbons (Fsp3) is 0.357. The van der Waals surface area contributed by atoms with Crippen molar-refractivity contribution in [2.75, 3.05) is 0 Å². The molecule has 0 amide bonds. The van der Waals surface area contributed by atoms with E-state index in [-0.39, 0.29) is 0 Å². The minimum Gasteiger partial charge on any atom is -0.384 e. The minimum atomic E-state index is -0.867. The van der Waals surface area contributed by atoms with Gasteiger partial charge in [-0.05, 0) is 44.9 Å². The van der Waals surface area contributed by atoms with Crippen LogP contribution in [0.15, 0.2) is 23.6 Å². The molecule has 0 bridgehead atoms. The first kappa shape index (κ1) is 12.3. The van der Waals surface area contributed by atoms with Crippen molar-refractivity contribution in [3.8, 4) is 10.6 Å². The van der Waals surface area contributed by atoms with Crippen LogP contribution in [0.4, 0.5) is 0 Å². The van der Waals surface area contributed by atoms with Gasteiger partial charge in [-0.15, -0.1) is 11.3 Å². The molecule has 0 aliphatic heterocycles. The molecular formula is C14H17NOS. The molecule has 1 aromatic heterocycles. The highest BCUT2D eigenvalue weighted by atomic mass is 32.1. The first-order valence-corrected chi connectivity index (χ1v) is 6.52. The van der Waals surface area contributed by atoms with Gasteiger partial charge in [-0.2, -0.15) is 0 Å². The number of hydrogen-bond donors (Lipinski definition) is 1. The number of rotatable bonds is 2. The first-order valence-electron chi connectivity index (χ1n) is 5.64. The van der Waals surface area contributed by atoms with Crippen LogP contribution in [0.3, 0.4) is 0 Å². The maximum absolute atomic E-state index is 9.89. The third kappa shape index (κ3) is 2.56. The summed E-state index contributed by atoms with van der Waals surface area (Å²) in [4.78, 5) is 4.49. The van der Waals surface area contributed by atoms with E-state index in [1.165, 1.54) is 11.1 Å². The molecule has 2 nitrogen and oxygen atoms in total. The molecule has 1 aromatic carbocycles. The summed E-state index contributed by atoms with van der Waals surface area (Å²) < 4.78 is 0. The van der Waals surface area contributed by atoms with Gasteiger partial charge < -0.3 is 5.11 Å². The molecule has 0 aliphatic carbocycles. The molecule has 3 heteroatoms. The Morgan fingerprint density at radius 1 is 1.18 bits per heavy atom. The Morgan fingerprint density at radius 2 is 1.88 bits per heavy atom. The molecule has 0 aliphatic rings. The maximum Gasteiger partial charge on any atom is 0.123 e. The Morgan fingerprint density at radius 3 is 2.41 bits per heavy atom. The standard InChI is InChI=1S/C14H17NOS/c1-9-5-6-11(7-10(9)2)13-15-12(8-17-13)14(3,4)16/h5-8,16H,1-4H3. The van der Waals surface area contributed by atoms with Crippen LogP contribution >= 0.6 is 11.3 Å². The average molecular weight is 247 g/mol. The number of thiazole rings is 1. The molecule has 0 spiro atoms. The van der Waals surface area contributed by atoms with Gasteiger partial charge in [-0.25, -0.2) is 4.98 Å². The molecule has 0 radical (unpaired) electrons. The van der Waals surface area contributed by atoms with Crippen molar-refractivity contribution < 1.29 is 5.11 Å². The number of hydrogen-bond acceptors (Lipinski definition) is 3. The summed E-state index contributed by atoms with van der Waals surface area (Å²) in [5.41, 5.74) is 3.54. The van der Waals surface area contributed by atoms with E-state index in [2.05, 4.69) is 37.0 Å². The Bertz CT molecular complexity index is 537. The van der Waals surface area contributed by atoms with E-state index in [1.807, 2.05) is 5.38 Å². The Balaban J connectivity index is 2.40. The molecule has 0 fully saturated rings. The fourth-order valence-corrected chi connectivity index (χ4v) is 2.54. The number of nitrogens with zero attached hydrogens (tertiary/aromatic N) is 1. The average Bonchev–Trinajstić information content (AvgIpc) is 2.70. The van der Waals surface area contributed by atoms with Crippen LogP contribution in [-0.4, -0.2) is 10.1 Å². The summed E-state index contributed by atoms with van der Waals surface area (Å²) in [7, 11) is 0. The zero-order chi connectivity index (χ0) is 12.6. The second-order valence-corrected chi connectivity index (χ2v) is 5.75. The van der Waals surface area contributed by atoms with Crippen molar-refractivity contribution in [2.24, 2.45) is 0 Å². The SMILES string of the molecule is Cc1ccc(-c2nc(C(C)(C)O)cs2)cc1C. The van der Waals surface area contributed by atoms with Crippen molar-refractivity contribution in [1.29, 1.82) is 0 Å². The summed E-state index contributed by atoms with van der Waals surface area (Å²) in [6, 6.07) is 6.33. The summed E-state index contributed by atoms with van der Waals surface area (Å²) >= 11 is 1.57. The number of benzene rings is 1. The van der Waals surface area contributed by atoms with Gasteiger partial charge in [-0.3, -0.25) is 0 Å². The van der Waals surface area contributed by atoms with Crippen LogP contribution < -0.4 is 0 Å². The largest absolute Gasteiger partial charge is 0.384 e. The van der Waals surface area contributed by atoms with E-state index in [0.717, 1.165) is 16.3 Å². The minimum absolute atomic E-state index is 0.732. The molecule has 90 valence electrons. The van der Waals surface area contributed by atoms with Gasteiger partial charge >= 0.3 is 0 Å². The van der Waals surface area contributed by atoms with Gasteiger partial charge in [0.25, 0.3) is 0 Å². The van der Waals surface area contributed by atoms with Crippen molar-refractivity contribution in [2.45, 2.75) is 33.3 Å². The van der Waals surface area contributed by atoms with E-state index in [9.17, 15) is 5.11 Å². The van der Waals surface area contributed by atoms with Crippen LogP contribution in [0.1, 0.15) is 30.7 Å². The van der Waals surface area contributed by atoms with Gasteiger partial charge in [0, 0.05) is 10.9 Å². The highest BCUT2D eigenvalue weighted by Crippen LogP contribution is 2.29. The maximum atomic E-state index is 9.89. The monoisotopic (exact) mass is 247 g/mol. The van der Waals surface area contributed by atoms with Gasteiger partial charge in [0.05, 0.1) is 5.69 Å². The highest BCUT2D eigenvalue weighted by Gasteiger charge is 2.19. The smallest absolute Gasteiger partial charge is 0.123 e. The van der Waals surface area contributed by atoms with Crippen molar-refractivity contribution in [1.82, 2.24) is 4.98 Å². The zero-order valence-corrected chi connectivity index (χ0v) is 11.4. The molecule has 2 rings (SSSR count). The highest BCUT2D eigenvalue weighted by molar-refractivity contribution is 7.13. The quantitative estimate of drug-likeness (QED) is 0.878. The normalized spacial score (nSPS) is 11.8. The van der Waals surface area contributed by atoms with Gasteiger partial charge in [0.2, 0.25) is 0 Å². The first-order chi connectivity index (χ1) is 7.88. The van der Waals surface area contributed by atoms with Crippen molar-refractivity contribution in [3.05, 3.63) is 40.4 Å². The summed E-state index contributed by atoms with van der Waals surface area (Å²) in [6.45, 7) is 7.71. The van der Waals surface area contributed by atoms with Crippen LogP contribution in [-0.2, 0) is 5.60 Å². The van der Waals surface area contributed by atoms with E-state index in [4.69, 9.17) is 0 Å². The Kier molecular flexibility index (Phi) is 3.06. The molecule has 1 heterocycles.